The Balaban J connectivity index is 2.05. The highest BCUT2D eigenvalue weighted by Gasteiger charge is 2.27. The molecule has 2 amide bonds. The van der Waals surface area contributed by atoms with Crippen molar-refractivity contribution < 1.29 is 22.3 Å². The van der Waals surface area contributed by atoms with Gasteiger partial charge in [0, 0.05) is 13.1 Å². The highest BCUT2D eigenvalue weighted by Crippen LogP contribution is 2.28. The largest absolute Gasteiger partial charge is 0.494 e. The molecule has 1 fully saturated rings. The van der Waals surface area contributed by atoms with E-state index >= 15 is 0 Å². The summed E-state index contributed by atoms with van der Waals surface area (Å²) in [5.41, 5.74) is -0.0185. The predicted octanol–water partition coefficient (Wildman–Crippen LogP) is 1.63. The topological polar surface area (TPSA) is 87.7 Å². The molecule has 1 aromatic rings. The molecule has 1 heterocycles. The van der Waals surface area contributed by atoms with Gasteiger partial charge in [-0.15, -0.1) is 0 Å². The fourth-order valence-corrected chi connectivity index (χ4v) is 3.82. The molecule has 0 saturated carbocycles. The fourth-order valence-electron chi connectivity index (χ4n) is 2.76. The molecule has 0 aliphatic carbocycles. The Bertz CT molecular complexity index is 696. The maximum Gasteiger partial charge on any atom is 0.322 e. The number of nitrogens with one attached hydrogen (secondary N) is 2. The zero-order chi connectivity index (χ0) is 17.7. The van der Waals surface area contributed by atoms with Gasteiger partial charge in [0.1, 0.15) is 11.4 Å². The Hall–Kier alpha value is -1.87. The number of hydrogen-bond donors (Lipinski definition) is 2. The second-order valence-electron chi connectivity index (χ2n) is 5.69. The van der Waals surface area contributed by atoms with Crippen LogP contribution in [0.2, 0.25) is 0 Å². The number of piperidine rings is 1. The molecular weight excluding hydrogens is 337 g/mol. The number of sulfonamides is 1. The van der Waals surface area contributed by atoms with Crippen molar-refractivity contribution in [1.29, 1.82) is 0 Å². The van der Waals surface area contributed by atoms with E-state index in [1.54, 1.807) is 6.07 Å². The van der Waals surface area contributed by atoms with Gasteiger partial charge in [0.15, 0.2) is 5.82 Å². The summed E-state index contributed by atoms with van der Waals surface area (Å²) in [6.07, 6.45) is 1.43. The number of nitrogens with zero attached hydrogens (tertiary/aromatic N) is 1. The van der Waals surface area contributed by atoms with Gasteiger partial charge in [-0.25, -0.2) is 22.3 Å². The lowest BCUT2D eigenvalue weighted by atomic mass is 10.0. The maximum atomic E-state index is 13.9. The molecule has 1 aromatic carbocycles. The lowest BCUT2D eigenvalue weighted by Gasteiger charge is -2.32. The van der Waals surface area contributed by atoms with Gasteiger partial charge >= 0.3 is 6.03 Å². The van der Waals surface area contributed by atoms with E-state index in [-0.39, 0.29) is 23.1 Å². The normalized spacial score (nSPS) is 18.3. The van der Waals surface area contributed by atoms with E-state index in [4.69, 9.17) is 4.74 Å². The quantitative estimate of drug-likeness (QED) is 0.836. The van der Waals surface area contributed by atoms with E-state index < -0.39 is 21.9 Å². The Morgan fingerprint density at radius 1 is 1.46 bits per heavy atom. The number of rotatable bonds is 5. The lowest BCUT2D eigenvalue weighted by molar-refractivity contribution is 0.182. The van der Waals surface area contributed by atoms with Gasteiger partial charge in [0.25, 0.3) is 0 Å². The summed E-state index contributed by atoms with van der Waals surface area (Å²) in [7, 11) is -0.572. The van der Waals surface area contributed by atoms with Gasteiger partial charge in [0.2, 0.25) is 10.0 Å². The fraction of sp³-hybridized carbons (Fsp3) is 0.533. The average molecular weight is 359 g/mol. The van der Waals surface area contributed by atoms with Crippen molar-refractivity contribution in [3.63, 3.8) is 0 Å². The number of benzene rings is 1. The Morgan fingerprint density at radius 3 is 2.88 bits per heavy atom. The molecule has 1 atom stereocenters. The summed E-state index contributed by atoms with van der Waals surface area (Å²) in [5.74, 6) is -0.538. The van der Waals surface area contributed by atoms with Crippen LogP contribution in [0.1, 0.15) is 12.8 Å². The smallest absolute Gasteiger partial charge is 0.322 e. The lowest BCUT2D eigenvalue weighted by Crippen LogP contribution is -2.44. The van der Waals surface area contributed by atoms with Crippen LogP contribution < -0.4 is 14.8 Å². The zero-order valence-corrected chi connectivity index (χ0v) is 14.5. The maximum absolute atomic E-state index is 13.9. The Morgan fingerprint density at radius 2 is 2.21 bits per heavy atom. The van der Waals surface area contributed by atoms with Crippen LogP contribution in [0.25, 0.3) is 0 Å². The summed E-state index contributed by atoms with van der Waals surface area (Å²) >= 11 is 0. The molecule has 2 rings (SSSR count). The standard InChI is InChI=1S/C15H22FN3O4S/c1-17-24(21,22)10-11-5-4-8-19(9-11)15(20)18-14-12(16)6-3-7-13(14)23-2/h3,6-7,11,17H,4-5,8-10H2,1-2H3,(H,18,20). The van der Waals surface area contributed by atoms with Crippen molar-refractivity contribution in [1.82, 2.24) is 9.62 Å². The number of halogens is 1. The van der Waals surface area contributed by atoms with Crippen LogP contribution in [0.3, 0.4) is 0 Å². The molecule has 0 spiro atoms. The van der Waals surface area contributed by atoms with E-state index in [1.807, 2.05) is 0 Å². The van der Waals surface area contributed by atoms with E-state index in [9.17, 15) is 17.6 Å². The summed E-state index contributed by atoms with van der Waals surface area (Å²) in [4.78, 5) is 13.9. The number of likely N-dealkylation sites (tertiary alicyclic amines) is 1. The number of carbonyl (C=O) groups is 1. The SMILES string of the molecule is CNS(=O)(=O)CC1CCCN(C(=O)Nc2c(F)cccc2OC)C1. The Kier molecular flexibility index (Phi) is 6.00. The first-order chi connectivity index (χ1) is 11.4. The van der Waals surface area contributed by atoms with E-state index in [1.165, 1.54) is 31.2 Å². The van der Waals surface area contributed by atoms with Crippen LogP contribution in [-0.4, -0.2) is 52.3 Å². The first kappa shape index (κ1) is 18.5. The number of carbonyl (C=O) groups excluding carboxylic acids is 1. The molecule has 0 aromatic heterocycles. The molecule has 24 heavy (non-hydrogen) atoms. The van der Waals surface area contributed by atoms with Gasteiger partial charge in [-0.3, -0.25) is 0 Å². The minimum atomic E-state index is -3.33. The number of anilines is 1. The van der Waals surface area contributed by atoms with Crippen LogP contribution in [-0.2, 0) is 10.0 Å². The molecule has 1 unspecified atom stereocenters. The van der Waals surface area contributed by atoms with Crippen molar-refractivity contribution in [2.75, 3.05) is 38.3 Å². The molecule has 1 aliphatic rings. The zero-order valence-electron chi connectivity index (χ0n) is 13.7. The number of ether oxygens (including phenoxy) is 1. The Labute approximate surface area is 141 Å². The van der Waals surface area contributed by atoms with Crippen LogP contribution >= 0.6 is 0 Å². The highest BCUT2D eigenvalue weighted by atomic mass is 32.2. The summed E-state index contributed by atoms with van der Waals surface area (Å²) in [6.45, 7) is 0.808. The molecule has 1 saturated heterocycles. The van der Waals surface area contributed by atoms with Crippen LogP contribution in [0, 0.1) is 11.7 Å². The van der Waals surface area contributed by atoms with Gasteiger partial charge < -0.3 is 15.0 Å². The first-order valence-corrected chi connectivity index (χ1v) is 9.31. The molecule has 1 aliphatic heterocycles. The van der Waals surface area contributed by atoms with E-state index in [0.717, 1.165) is 6.42 Å². The number of para-hydroxylation sites is 1. The van der Waals surface area contributed by atoms with Crippen molar-refractivity contribution in [3.8, 4) is 5.75 Å². The summed E-state index contributed by atoms with van der Waals surface area (Å²) in [5, 5.41) is 2.52. The van der Waals surface area contributed by atoms with Crippen molar-refractivity contribution in [2.45, 2.75) is 12.8 Å². The van der Waals surface area contributed by atoms with Gasteiger partial charge in [0.05, 0.1) is 12.9 Å². The number of hydrogen-bond acceptors (Lipinski definition) is 4. The number of methoxy groups -OCH3 is 1. The molecule has 2 N–H and O–H groups in total. The summed E-state index contributed by atoms with van der Waals surface area (Å²) in [6, 6.07) is 3.81. The number of urea groups is 1. The average Bonchev–Trinajstić information content (AvgIpc) is 2.56. The van der Waals surface area contributed by atoms with Crippen LogP contribution in [0.5, 0.6) is 5.75 Å². The monoisotopic (exact) mass is 359 g/mol. The van der Waals surface area contributed by atoms with Crippen LogP contribution in [0.15, 0.2) is 18.2 Å². The van der Waals surface area contributed by atoms with E-state index in [2.05, 4.69) is 10.0 Å². The van der Waals surface area contributed by atoms with Crippen LogP contribution in [0.4, 0.5) is 14.9 Å². The highest BCUT2D eigenvalue weighted by molar-refractivity contribution is 7.89. The van der Waals surface area contributed by atoms with Crippen molar-refractivity contribution >= 4 is 21.7 Å². The van der Waals surface area contributed by atoms with Gasteiger partial charge in [-0.2, -0.15) is 0 Å². The molecule has 9 heteroatoms. The molecule has 0 bridgehead atoms. The minimum absolute atomic E-state index is 0.0185. The van der Waals surface area contributed by atoms with Crippen molar-refractivity contribution in [2.24, 2.45) is 5.92 Å². The minimum Gasteiger partial charge on any atom is -0.494 e. The molecule has 7 nitrogen and oxygen atoms in total. The van der Waals surface area contributed by atoms with E-state index in [0.29, 0.717) is 19.5 Å². The second-order valence-corrected chi connectivity index (χ2v) is 7.66. The van der Waals surface area contributed by atoms with Gasteiger partial charge in [-0.1, -0.05) is 6.07 Å². The van der Waals surface area contributed by atoms with Gasteiger partial charge in [-0.05, 0) is 37.9 Å². The third-order valence-corrected chi connectivity index (χ3v) is 5.53. The summed E-state index contributed by atoms with van der Waals surface area (Å²) < 4.78 is 44.6. The molecular formula is C15H22FN3O4S. The first-order valence-electron chi connectivity index (χ1n) is 7.66. The second kappa shape index (κ2) is 7.80. The third-order valence-electron chi connectivity index (χ3n) is 4.00. The number of amides is 2. The van der Waals surface area contributed by atoms with Crippen molar-refractivity contribution in [3.05, 3.63) is 24.0 Å². The third kappa shape index (κ3) is 4.57. The molecule has 0 radical (unpaired) electrons. The molecule has 134 valence electrons. The predicted molar refractivity (Wildman–Crippen MR) is 89.1 cm³/mol.